The Bertz CT molecular complexity index is 1350. The minimum absolute atomic E-state index is 0.0364. The van der Waals surface area contributed by atoms with Crippen LogP contribution in [0.4, 0.5) is 11.4 Å². The summed E-state index contributed by atoms with van der Waals surface area (Å²) in [5.41, 5.74) is 1.95. The molecule has 1 amide bonds. The summed E-state index contributed by atoms with van der Waals surface area (Å²) in [7, 11) is 0. The average Bonchev–Trinajstić information content (AvgIpc) is 3.55. The number of aliphatic hydroxyl groups is 1. The molecule has 0 saturated carbocycles. The summed E-state index contributed by atoms with van der Waals surface area (Å²) in [5, 5.41) is 11.3. The third kappa shape index (κ3) is 4.12. The lowest BCUT2D eigenvalue weighted by Gasteiger charge is -2.32. The van der Waals surface area contributed by atoms with Crippen LogP contribution in [0.25, 0.3) is 5.76 Å². The second-order valence-corrected chi connectivity index (χ2v) is 9.73. The Labute approximate surface area is 214 Å². The number of hydrogen-bond donors (Lipinski definition) is 1. The number of nitrogens with zero attached hydrogens (tertiary/aromatic N) is 2. The van der Waals surface area contributed by atoms with E-state index in [0.29, 0.717) is 41.7 Å². The summed E-state index contributed by atoms with van der Waals surface area (Å²) in [5.74, 6) is 0.356. The van der Waals surface area contributed by atoms with E-state index in [1.54, 1.807) is 30.3 Å². The first-order chi connectivity index (χ1) is 18.0. The van der Waals surface area contributed by atoms with Gasteiger partial charge in [0.2, 0.25) is 0 Å². The van der Waals surface area contributed by atoms with Crippen molar-refractivity contribution in [3.8, 4) is 11.5 Å². The zero-order chi connectivity index (χ0) is 25.5. The van der Waals surface area contributed by atoms with Crippen molar-refractivity contribution in [2.24, 2.45) is 5.92 Å². The number of ether oxygens (including phenoxy) is 2. The molecule has 6 rings (SSSR count). The van der Waals surface area contributed by atoms with E-state index in [2.05, 4.69) is 11.8 Å². The molecule has 0 aliphatic carbocycles. The summed E-state index contributed by atoms with van der Waals surface area (Å²) >= 11 is 0. The summed E-state index contributed by atoms with van der Waals surface area (Å²) in [4.78, 5) is 30.4. The molecule has 3 aromatic rings. The maximum absolute atomic E-state index is 13.3. The van der Waals surface area contributed by atoms with Crippen LogP contribution in [0.5, 0.6) is 11.5 Å². The van der Waals surface area contributed by atoms with Crippen molar-refractivity contribution in [3.63, 3.8) is 0 Å². The first-order valence-electron chi connectivity index (χ1n) is 12.6. The number of furan rings is 1. The number of fused-ring (bicyclic) bond motifs is 1. The molecule has 37 heavy (non-hydrogen) atoms. The largest absolute Gasteiger partial charge is 0.507 e. The number of rotatable bonds is 4. The van der Waals surface area contributed by atoms with Crippen LogP contribution in [-0.4, -0.2) is 43.1 Å². The van der Waals surface area contributed by atoms with Crippen LogP contribution in [-0.2, 0) is 9.59 Å². The number of hydrogen-bond acceptors (Lipinski definition) is 7. The Morgan fingerprint density at radius 3 is 2.32 bits per heavy atom. The maximum Gasteiger partial charge on any atom is 0.300 e. The van der Waals surface area contributed by atoms with E-state index >= 15 is 0 Å². The van der Waals surface area contributed by atoms with E-state index in [-0.39, 0.29) is 11.3 Å². The van der Waals surface area contributed by atoms with Gasteiger partial charge in [0, 0.05) is 30.0 Å². The molecule has 0 bridgehead atoms. The molecular weight excluding hydrogens is 472 g/mol. The molecule has 1 aromatic heterocycles. The van der Waals surface area contributed by atoms with E-state index in [9.17, 15) is 14.7 Å². The number of piperidine rings is 1. The third-order valence-electron chi connectivity index (χ3n) is 7.35. The van der Waals surface area contributed by atoms with Crippen LogP contribution in [0.15, 0.2) is 70.9 Å². The number of Topliss-reactive ketones (excluding diaryl/α,β-unsaturated/α-hetero) is 1. The lowest BCUT2D eigenvalue weighted by atomic mass is 9.98. The molecule has 4 heterocycles. The normalized spacial score (nSPS) is 21.5. The molecule has 190 valence electrons. The maximum atomic E-state index is 13.3. The van der Waals surface area contributed by atoms with Crippen molar-refractivity contribution in [1.82, 2.24) is 0 Å². The topological polar surface area (TPSA) is 92.5 Å². The molecule has 2 fully saturated rings. The van der Waals surface area contributed by atoms with Crippen molar-refractivity contribution in [3.05, 3.63) is 77.8 Å². The number of ketones is 1. The molecule has 8 heteroatoms. The van der Waals surface area contributed by atoms with Crippen LogP contribution < -0.4 is 19.3 Å². The van der Waals surface area contributed by atoms with Crippen LogP contribution in [0, 0.1) is 5.92 Å². The van der Waals surface area contributed by atoms with Gasteiger partial charge in [0.15, 0.2) is 11.5 Å². The fraction of sp³-hybridized carbons (Fsp3) is 0.310. The standard InChI is InChI=1S/C29H28N2O6/c1-18-10-12-30(13-11-18)20-5-7-21(8-6-20)31-26(23-3-2-14-35-23)25(28(33)29(31)34)27(32)19-4-9-22-24(17-19)37-16-15-36-22/h2-9,14,17-18,26,32H,10-13,15-16H2,1H3/b27-25-. The Balaban J connectivity index is 1.39. The molecule has 0 spiro atoms. The smallest absolute Gasteiger partial charge is 0.300 e. The highest BCUT2D eigenvalue weighted by atomic mass is 16.6. The van der Waals surface area contributed by atoms with Gasteiger partial charge in [-0.25, -0.2) is 0 Å². The lowest BCUT2D eigenvalue weighted by molar-refractivity contribution is -0.132. The van der Waals surface area contributed by atoms with Crippen molar-refractivity contribution in [1.29, 1.82) is 0 Å². The van der Waals surface area contributed by atoms with Crippen molar-refractivity contribution < 1.29 is 28.6 Å². The molecule has 3 aliphatic rings. The average molecular weight is 501 g/mol. The highest BCUT2D eigenvalue weighted by Gasteiger charge is 2.48. The molecular formula is C29H28N2O6. The molecule has 2 saturated heterocycles. The highest BCUT2D eigenvalue weighted by Crippen LogP contribution is 2.43. The van der Waals surface area contributed by atoms with Gasteiger partial charge in [-0.2, -0.15) is 0 Å². The van der Waals surface area contributed by atoms with Crippen molar-refractivity contribution in [2.45, 2.75) is 25.8 Å². The van der Waals surface area contributed by atoms with Gasteiger partial charge in [-0.1, -0.05) is 6.92 Å². The SMILES string of the molecule is CC1CCN(c2ccc(N3C(=O)C(=O)/C(=C(\O)c4ccc5c(c4)OCCO5)C3c3ccco3)cc2)CC1. The second-order valence-electron chi connectivity index (χ2n) is 9.73. The van der Waals surface area contributed by atoms with Crippen LogP contribution in [0.3, 0.4) is 0 Å². The third-order valence-corrected chi connectivity index (χ3v) is 7.35. The van der Waals surface area contributed by atoms with Gasteiger partial charge < -0.3 is 23.9 Å². The molecule has 1 unspecified atom stereocenters. The predicted molar refractivity (Wildman–Crippen MR) is 138 cm³/mol. The first kappa shape index (κ1) is 23.2. The van der Waals surface area contributed by atoms with Crippen LogP contribution in [0.1, 0.15) is 37.1 Å². The number of carbonyl (C=O) groups excluding carboxylic acids is 2. The van der Waals surface area contributed by atoms with Gasteiger partial charge in [-0.3, -0.25) is 14.5 Å². The fourth-order valence-electron chi connectivity index (χ4n) is 5.25. The Morgan fingerprint density at radius 2 is 1.62 bits per heavy atom. The summed E-state index contributed by atoms with van der Waals surface area (Å²) in [6, 6.07) is 15.1. The number of amides is 1. The van der Waals surface area contributed by atoms with Crippen molar-refractivity contribution >= 4 is 28.8 Å². The van der Waals surface area contributed by atoms with E-state index < -0.39 is 17.7 Å². The zero-order valence-electron chi connectivity index (χ0n) is 20.6. The highest BCUT2D eigenvalue weighted by molar-refractivity contribution is 6.51. The second kappa shape index (κ2) is 9.35. The fourth-order valence-corrected chi connectivity index (χ4v) is 5.25. The summed E-state index contributed by atoms with van der Waals surface area (Å²) in [6.45, 7) is 5.09. The number of carbonyl (C=O) groups is 2. The predicted octanol–water partition coefficient (Wildman–Crippen LogP) is 4.91. The van der Waals surface area contributed by atoms with Crippen LogP contribution in [0.2, 0.25) is 0 Å². The number of anilines is 2. The Morgan fingerprint density at radius 1 is 0.919 bits per heavy atom. The van der Waals surface area contributed by atoms with Gasteiger partial charge in [0.25, 0.3) is 11.7 Å². The zero-order valence-corrected chi connectivity index (χ0v) is 20.6. The van der Waals surface area contributed by atoms with Gasteiger partial charge in [-0.15, -0.1) is 0 Å². The van der Waals surface area contributed by atoms with Gasteiger partial charge in [0.1, 0.15) is 30.8 Å². The summed E-state index contributed by atoms with van der Waals surface area (Å²) in [6.07, 6.45) is 3.78. The Hall–Kier alpha value is -4.20. The molecule has 1 N–H and O–H groups in total. The number of benzene rings is 2. The monoisotopic (exact) mass is 500 g/mol. The lowest BCUT2D eigenvalue weighted by Crippen LogP contribution is -2.33. The van der Waals surface area contributed by atoms with Crippen molar-refractivity contribution in [2.75, 3.05) is 36.1 Å². The van der Waals surface area contributed by atoms with E-state index in [0.717, 1.165) is 37.5 Å². The Kier molecular flexibility index (Phi) is 5.87. The van der Waals surface area contributed by atoms with Gasteiger partial charge in [-0.05, 0) is 73.4 Å². The van der Waals surface area contributed by atoms with Gasteiger partial charge in [0.05, 0.1) is 11.8 Å². The molecule has 2 aromatic carbocycles. The molecule has 0 radical (unpaired) electrons. The minimum atomic E-state index is -0.912. The van der Waals surface area contributed by atoms with Gasteiger partial charge >= 0.3 is 0 Å². The minimum Gasteiger partial charge on any atom is -0.507 e. The summed E-state index contributed by atoms with van der Waals surface area (Å²) < 4.78 is 16.9. The quantitative estimate of drug-likeness (QED) is 0.309. The van der Waals surface area contributed by atoms with Crippen LogP contribution >= 0.6 is 0 Å². The first-order valence-corrected chi connectivity index (χ1v) is 12.6. The molecule has 8 nitrogen and oxygen atoms in total. The molecule has 1 atom stereocenters. The van der Waals surface area contributed by atoms with E-state index in [1.807, 2.05) is 24.3 Å². The number of aliphatic hydroxyl groups excluding tert-OH is 1. The van der Waals surface area contributed by atoms with E-state index in [4.69, 9.17) is 13.9 Å². The molecule has 3 aliphatic heterocycles. The van der Waals surface area contributed by atoms with E-state index in [1.165, 1.54) is 11.2 Å².